The third-order valence-corrected chi connectivity index (χ3v) is 5.30. The smallest absolute Gasteiger partial charge is 0.211 e. The van der Waals surface area contributed by atoms with Gasteiger partial charge in [-0.05, 0) is 12.8 Å². The first-order valence-corrected chi connectivity index (χ1v) is 11.4. The zero-order valence-electron chi connectivity index (χ0n) is 19.8. The van der Waals surface area contributed by atoms with Crippen molar-refractivity contribution in [2.45, 2.75) is 69.2 Å². The Kier molecular flexibility index (Phi) is 16.1. The van der Waals surface area contributed by atoms with Gasteiger partial charge in [0.2, 0.25) is 17.2 Å². The summed E-state index contributed by atoms with van der Waals surface area (Å²) >= 11 is 0. The summed E-state index contributed by atoms with van der Waals surface area (Å²) in [6.45, 7) is 1.02. The highest BCUT2D eigenvalue weighted by Crippen LogP contribution is 2.29. The molecule has 0 amide bonds. The van der Waals surface area contributed by atoms with E-state index in [4.69, 9.17) is 19.3 Å². The highest BCUT2D eigenvalue weighted by molar-refractivity contribution is 6.16. The van der Waals surface area contributed by atoms with E-state index in [0.717, 1.165) is 0 Å². The highest BCUT2D eigenvalue weighted by atomic mass is 16.5. The molecule has 196 valence electrons. The van der Waals surface area contributed by atoms with E-state index >= 15 is 0 Å². The maximum atomic E-state index is 13.1. The fraction of sp³-hybridized carbons (Fsp3) is 0.909. The van der Waals surface area contributed by atoms with Crippen LogP contribution in [0.15, 0.2) is 0 Å². The van der Waals surface area contributed by atoms with E-state index in [1.807, 2.05) is 0 Å². The van der Waals surface area contributed by atoms with Crippen LogP contribution in [0, 0.1) is 0 Å². The number of Topliss-reactive ketones (excluding diaryl/α,β-unsaturated/α-hetero) is 2. The molecule has 0 aromatic heterocycles. The van der Waals surface area contributed by atoms with Gasteiger partial charge in [-0.15, -0.1) is 0 Å². The Hall–Kier alpha value is -1.02. The van der Waals surface area contributed by atoms with Gasteiger partial charge < -0.3 is 44.8 Å². The summed E-state index contributed by atoms with van der Waals surface area (Å²) in [7, 11) is 0. The number of unbranched alkanes of at least 4 members (excludes halogenated alkanes) is 2. The second kappa shape index (κ2) is 16.6. The number of aliphatic hydroxyl groups excluding tert-OH is 3. The molecule has 2 unspecified atom stereocenters. The van der Waals surface area contributed by atoms with Crippen LogP contribution in [0.5, 0.6) is 0 Å². The van der Waals surface area contributed by atoms with Crippen LogP contribution in [0.2, 0.25) is 0 Å². The van der Waals surface area contributed by atoms with Gasteiger partial charge in [0.1, 0.15) is 11.2 Å². The summed E-state index contributed by atoms with van der Waals surface area (Å²) in [6.07, 6.45) is 1.40. The predicted molar refractivity (Wildman–Crippen MR) is 118 cm³/mol. The van der Waals surface area contributed by atoms with Gasteiger partial charge in [0.05, 0.1) is 59.5 Å². The summed E-state index contributed by atoms with van der Waals surface area (Å²) in [5, 5.41) is 60.5. The number of carbonyl (C=O) groups is 2. The molecule has 11 heteroatoms. The Bertz CT molecular complexity index is 522. The Morgan fingerprint density at radius 3 is 1.42 bits per heavy atom. The molecule has 0 aromatic rings. The van der Waals surface area contributed by atoms with Crippen molar-refractivity contribution in [2.75, 3.05) is 59.5 Å². The van der Waals surface area contributed by atoms with E-state index in [-0.39, 0.29) is 52.5 Å². The van der Waals surface area contributed by atoms with Crippen LogP contribution in [-0.4, -0.2) is 118 Å². The molecule has 0 aliphatic rings. The SMILES string of the molecule is CCCCC(O)(CO)C(=O)C(O)(COCCOCCOCCO)C(=O)C(O)(CO)CCCC. The molecule has 0 bridgehead atoms. The third-order valence-electron chi connectivity index (χ3n) is 5.30. The molecule has 0 fully saturated rings. The summed E-state index contributed by atoms with van der Waals surface area (Å²) in [6, 6.07) is 0. The van der Waals surface area contributed by atoms with Gasteiger partial charge in [0.15, 0.2) is 0 Å². The van der Waals surface area contributed by atoms with Crippen molar-refractivity contribution in [3.05, 3.63) is 0 Å². The van der Waals surface area contributed by atoms with E-state index in [1.54, 1.807) is 13.8 Å². The highest BCUT2D eigenvalue weighted by Gasteiger charge is 2.58. The number of hydrogen-bond donors (Lipinski definition) is 6. The van der Waals surface area contributed by atoms with Gasteiger partial charge in [-0.1, -0.05) is 39.5 Å². The van der Waals surface area contributed by atoms with E-state index in [9.17, 15) is 35.1 Å². The van der Waals surface area contributed by atoms with Crippen LogP contribution in [0.4, 0.5) is 0 Å². The van der Waals surface area contributed by atoms with E-state index in [0.29, 0.717) is 25.7 Å². The molecule has 2 atom stereocenters. The molecular weight excluding hydrogens is 440 g/mol. The van der Waals surface area contributed by atoms with Gasteiger partial charge in [-0.3, -0.25) is 9.59 Å². The topological polar surface area (TPSA) is 183 Å². The molecule has 33 heavy (non-hydrogen) atoms. The van der Waals surface area contributed by atoms with Crippen molar-refractivity contribution in [3.8, 4) is 0 Å². The third kappa shape index (κ3) is 10.0. The van der Waals surface area contributed by atoms with Gasteiger partial charge >= 0.3 is 0 Å². The van der Waals surface area contributed by atoms with Crippen LogP contribution in [0.3, 0.4) is 0 Å². The lowest BCUT2D eigenvalue weighted by molar-refractivity contribution is -0.185. The van der Waals surface area contributed by atoms with Gasteiger partial charge in [-0.2, -0.15) is 0 Å². The molecule has 11 nitrogen and oxygen atoms in total. The van der Waals surface area contributed by atoms with Gasteiger partial charge in [0.25, 0.3) is 0 Å². The lowest BCUT2D eigenvalue weighted by atomic mass is 9.74. The standard InChI is InChI=1S/C22H42O11/c1-3-5-7-20(28,15-24)18(26)22(30,19(27)21(29,16-25)8-6-4-2)17-33-14-13-32-12-11-31-10-9-23/h23-25,28-30H,3-17H2,1-2H3. The van der Waals surface area contributed by atoms with Gasteiger partial charge in [0, 0.05) is 0 Å². The number of aliphatic hydroxyl groups is 6. The number of rotatable bonds is 22. The minimum atomic E-state index is -3.00. The van der Waals surface area contributed by atoms with Gasteiger partial charge in [-0.25, -0.2) is 0 Å². The number of ketones is 2. The molecule has 6 N–H and O–H groups in total. The largest absolute Gasteiger partial charge is 0.394 e. The van der Waals surface area contributed by atoms with Crippen molar-refractivity contribution in [1.82, 2.24) is 0 Å². The molecule has 0 rings (SSSR count). The maximum absolute atomic E-state index is 13.1. The van der Waals surface area contributed by atoms with Crippen molar-refractivity contribution in [2.24, 2.45) is 0 Å². The van der Waals surface area contributed by atoms with E-state index in [1.165, 1.54) is 0 Å². The van der Waals surface area contributed by atoms with Crippen LogP contribution in [0.25, 0.3) is 0 Å². The fourth-order valence-corrected chi connectivity index (χ4v) is 3.20. The Morgan fingerprint density at radius 1 is 0.667 bits per heavy atom. The number of hydrogen-bond acceptors (Lipinski definition) is 11. The predicted octanol–water partition coefficient (Wildman–Crippen LogP) is -1.27. The zero-order chi connectivity index (χ0) is 25.4. The summed E-state index contributed by atoms with van der Waals surface area (Å²) in [4.78, 5) is 26.3. The monoisotopic (exact) mass is 482 g/mol. The van der Waals surface area contributed by atoms with Crippen LogP contribution in [-0.2, 0) is 23.8 Å². The second-order valence-corrected chi connectivity index (χ2v) is 8.11. The Morgan fingerprint density at radius 2 is 1.06 bits per heavy atom. The van der Waals surface area contributed by atoms with E-state index < -0.39 is 48.2 Å². The zero-order valence-corrected chi connectivity index (χ0v) is 19.8. The normalized spacial score (nSPS) is 17.2. The van der Waals surface area contributed by atoms with Crippen LogP contribution in [0.1, 0.15) is 52.4 Å². The number of carbonyl (C=O) groups excluding carboxylic acids is 2. The maximum Gasteiger partial charge on any atom is 0.211 e. The Labute approximate surface area is 195 Å². The molecule has 0 radical (unpaired) electrons. The van der Waals surface area contributed by atoms with E-state index in [2.05, 4.69) is 0 Å². The summed E-state index contributed by atoms with van der Waals surface area (Å²) in [5.41, 5.74) is -7.85. The molecule has 0 heterocycles. The molecule has 0 saturated carbocycles. The van der Waals surface area contributed by atoms with Crippen molar-refractivity contribution >= 4 is 11.6 Å². The van der Waals surface area contributed by atoms with Crippen molar-refractivity contribution in [3.63, 3.8) is 0 Å². The lowest BCUT2D eigenvalue weighted by Gasteiger charge is -2.38. The minimum absolute atomic E-state index is 0.0289. The fourth-order valence-electron chi connectivity index (χ4n) is 3.20. The molecule has 0 aromatic carbocycles. The average molecular weight is 483 g/mol. The molecular formula is C22H42O11. The molecule has 0 spiro atoms. The summed E-state index contributed by atoms with van der Waals surface area (Å²) in [5.74, 6) is -2.78. The molecule has 0 aliphatic heterocycles. The summed E-state index contributed by atoms with van der Waals surface area (Å²) < 4.78 is 15.5. The lowest BCUT2D eigenvalue weighted by Crippen LogP contribution is -2.66. The van der Waals surface area contributed by atoms with Crippen LogP contribution < -0.4 is 0 Å². The first-order valence-electron chi connectivity index (χ1n) is 11.4. The first-order chi connectivity index (χ1) is 15.6. The number of ether oxygens (including phenoxy) is 3. The minimum Gasteiger partial charge on any atom is -0.394 e. The molecule has 0 saturated heterocycles. The average Bonchev–Trinajstić information content (AvgIpc) is 2.83. The van der Waals surface area contributed by atoms with Crippen molar-refractivity contribution in [1.29, 1.82) is 0 Å². The quantitative estimate of drug-likeness (QED) is 0.0798. The Balaban J connectivity index is 5.46. The van der Waals surface area contributed by atoms with Crippen LogP contribution >= 0.6 is 0 Å². The van der Waals surface area contributed by atoms with Crippen molar-refractivity contribution < 1.29 is 54.4 Å². The second-order valence-electron chi connectivity index (χ2n) is 8.11. The molecule has 0 aliphatic carbocycles. The first kappa shape index (κ1) is 32.0.